The third-order valence-corrected chi connectivity index (χ3v) is 3.66. The van der Waals surface area contributed by atoms with Crippen LogP contribution < -0.4 is 20.9 Å². The summed E-state index contributed by atoms with van der Waals surface area (Å²) < 4.78 is 7.39. The minimum absolute atomic E-state index is 0.120. The van der Waals surface area contributed by atoms with E-state index < -0.39 is 0 Å². The van der Waals surface area contributed by atoms with Crippen molar-refractivity contribution in [3.05, 3.63) is 57.1 Å². The first kappa shape index (κ1) is 16.0. The van der Waals surface area contributed by atoms with Gasteiger partial charge in [0.25, 0.3) is 5.56 Å². The van der Waals surface area contributed by atoms with Crippen molar-refractivity contribution in [3.8, 4) is 11.8 Å². The Morgan fingerprint density at radius 1 is 1.46 bits per heavy atom. The highest BCUT2D eigenvalue weighted by Crippen LogP contribution is 2.16. The van der Waals surface area contributed by atoms with E-state index in [2.05, 4.69) is 39.9 Å². The van der Waals surface area contributed by atoms with Crippen LogP contribution in [0.3, 0.4) is 0 Å². The highest BCUT2D eigenvalue weighted by atomic mass is 16.5. The van der Waals surface area contributed by atoms with Gasteiger partial charge in [-0.3, -0.25) is 14.5 Å². The van der Waals surface area contributed by atoms with E-state index >= 15 is 0 Å². The molecule has 1 aliphatic carbocycles. The molecule has 0 spiro atoms. The summed E-state index contributed by atoms with van der Waals surface area (Å²) in [5, 5.41) is 5.16. The summed E-state index contributed by atoms with van der Waals surface area (Å²) in [6.07, 6.45) is 14.5. The first-order valence-electron chi connectivity index (χ1n) is 8.01. The summed E-state index contributed by atoms with van der Waals surface area (Å²) in [7, 11) is 0. The topological polar surface area (TPSA) is 72.8 Å². The van der Waals surface area contributed by atoms with Gasteiger partial charge in [0.2, 0.25) is 0 Å². The van der Waals surface area contributed by atoms with Crippen LogP contribution in [0.1, 0.15) is 26.2 Å². The number of hydrogen-bond donors (Lipinski definition) is 1. The molecule has 2 aromatic rings. The minimum atomic E-state index is -0.253. The van der Waals surface area contributed by atoms with Gasteiger partial charge in [0, 0.05) is 0 Å². The van der Waals surface area contributed by atoms with Gasteiger partial charge in [-0.2, -0.15) is 10.1 Å². The molecule has 24 heavy (non-hydrogen) atoms. The van der Waals surface area contributed by atoms with E-state index in [1.807, 2.05) is 6.92 Å². The van der Waals surface area contributed by atoms with Crippen LogP contribution in [0.25, 0.3) is 12.7 Å². The molecule has 0 radical (unpaired) electrons. The first-order chi connectivity index (χ1) is 11.7. The molecule has 6 heteroatoms. The SMILES string of the molecule is C=c1nc(Oc2cnn(CC3=CCCC=C3)c2)[nH]c(=O)/c1=C/CC. The van der Waals surface area contributed by atoms with Gasteiger partial charge >= 0.3 is 6.01 Å². The minimum Gasteiger partial charge on any atom is -0.422 e. The molecule has 1 N–H and O–H groups in total. The molecule has 1 aliphatic rings. The fourth-order valence-corrected chi connectivity index (χ4v) is 2.54. The molecule has 6 nitrogen and oxygen atoms in total. The van der Waals surface area contributed by atoms with Gasteiger partial charge in [-0.25, -0.2) is 0 Å². The normalized spacial score (nSPS) is 14.7. The molecule has 0 atom stereocenters. The molecule has 2 aromatic heterocycles. The Hall–Kier alpha value is -2.89. The standard InChI is InChI=1S/C18H20N4O2/c1-3-7-16-13(2)20-18(21-17(16)23)24-15-10-19-22(12-15)11-14-8-5-4-6-9-14/h5,7-10,12H,2-4,6,11H2,1H3,(H,20,21,23)/b16-7+. The Labute approximate surface area is 139 Å². The summed E-state index contributed by atoms with van der Waals surface area (Å²) in [5.74, 6) is 0.519. The number of aromatic amines is 1. The second-order valence-electron chi connectivity index (χ2n) is 5.58. The maximum Gasteiger partial charge on any atom is 0.302 e. The maximum absolute atomic E-state index is 12.0. The third-order valence-electron chi connectivity index (χ3n) is 3.66. The highest BCUT2D eigenvalue weighted by Gasteiger charge is 2.06. The summed E-state index contributed by atoms with van der Waals surface area (Å²) in [5.41, 5.74) is 0.971. The zero-order valence-corrected chi connectivity index (χ0v) is 13.7. The quantitative estimate of drug-likeness (QED) is 0.907. The summed E-state index contributed by atoms with van der Waals surface area (Å²) in [4.78, 5) is 18.8. The molecular formula is C18H20N4O2. The molecule has 0 aromatic carbocycles. The first-order valence-corrected chi connectivity index (χ1v) is 8.01. The van der Waals surface area contributed by atoms with Crippen molar-refractivity contribution in [3.63, 3.8) is 0 Å². The van der Waals surface area contributed by atoms with E-state index in [0.29, 0.717) is 22.9 Å². The smallest absolute Gasteiger partial charge is 0.302 e. The van der Waals surface area contributed by atoms with Gasteiger partial charge in [-0.1, -0.05) is 37.8 Å². The zero-order chi connectivity index (χ0) is 16.9. The average Bonchev–Trinajstić information content (AvgIpc) is 2.99. The average molecular weight is 324 g/mol. The van der Waals surface area contributed by atoms with Crippen LogP contribution in [-0.2, 0) is 6.54 Å². The van der Waals surface area contributed by atoms with E-state index in [0.717, 1.165) is 19.3 Å². The fourth-order valence-electron chi connectivity index (χ4n) is 2.54. The van der Waals surface area contributed by atoms with E-state index in [1.54, 1.807) is 23.2 Å². The molecule has 0 aliphatic heterocycles. The van der Waals surface area contributed by atoms with Crippen molar-refractivity contribution in [1.82, 2.24) is 19.7 Å². The predicted octanol–water partition coefficient (Wildman–Crippen LogP) is 1.64. The molecule has 3 rings (SSSR count). The van der Waals surface area contributed by atoms with Gasteiger partial charge in [0.05, 0.1) is 29.5 Å². The number of aromatic nitrogens is 4. The second-order valence-corrected chi connectivity index (χ2v) is 5.58. The fraction of sp³-hybridized carbons (Fsp3) is 0.278. The van der Waals surface area contributed by atoms with Crippen LogP contribution in [0.4, 0.5) is 0 Å². The van der Waals surface area contributed by atoms with E-state index in [9.17, 15) is 4.79 Å². The Morgan fingerprint density at radius 2 is 2.33 bits per heavy atom. The van der Waals surface area contributed by atoms with E-state index in [1.165, 1.54) is 5.57 Å². The molecule has 0 unspecified atom stereocenters. The lowest BCUT2D eigenvalue weighted by molar-refractivity contribution is 0.437. The lowest BCUT2D eigenvalue weighted by Gasteiger charge is -2.06. The Bertz CT molecular complexity index is 916. The van der Waals surface area contributed by atoms with Crippen LogP contribution in [0.2, 0.25) is 0 Å². The lowest BCUT2D eigenvalue weighted by atomic mass is 10.1. The van der Waals surface area contributed by atoms with Gasteiger partial charge in [0.15, 0.2) is 5.75 Å². The number of H-pyrrole nitrogens is 1. The number of rotatable bonds is 5. The van der Waals surface area contributed by atoms with Crippen molar-refractivity contribution in [2.24, 2.45) is 0 Å². The van der Waals surface area contributed by atoms with E-state index in [-0.39, 0.29) is 11.6 Å². The van der Waals surface area contributed by atoms with Crippen molar-refractivity contribution >= 4 is 12.7 Å². The molecule has 2 heterocycles. The predicted molar refractivity (Wildman–Crippen MR) is 93.1 cm³/mol. The number of nitrogens with zero attached hydrogens (tertiary/aromatic N) is 3. The number of allylic oxidation sites excluding steroid dienone is 4. The largest absolute Gasteiger partial charge is 0.422 e. The summed E-state index contributed by atoms with van der Waals surface area (Å²) in [6, 6.07) is 0.120. The molecule has 0 bridgehead atoms. The van der Waals surface area contributed by atoms with Crippen molar-refractivity contribution in [2.75, 3.05) is 0 Å². The van der Waals surface area contributed by atoms with Crippen molar-refractivity contribution in [2.45, 2.75) is 32.7 Å². The van der Waals surface area contributed by atoms with Crippen LogP contribution in [0.5, 0.6) is 11.8 Å². The van der Waals surface area contributed by atoms with Gasteiger partial charge in [-0.15, -0.1) is 0 Å². The molecular weight excluding hydrogens is 304 g/mol. The molecule has 0 saturated carbocycles. The molecule has 0 amide bonds. The Balaban J connectivity index is 1.76. The molecule has 124 valence electrons. The van der Waals surface area contributed by atoms with Crippen LogP contribution in [0, 0.1) is 0 Å². The Morgan fingerprint density at radius 3 is 3.04 bits per heavy atom. The lowest BCUT2D eigenvalue weighted by Crippen LogP contribution is -2.42. The van der Waals surface area contributed by atoms with Crippen LogP contribution in [-0.4, -0.2) is 19.7 Å². The third kappa shape index (κ3) is 3.71. The Kier molecular flexibility index (Phi) is 4.74. The van der Waals surface area contributed by atoms with Crippen LogP contribution in [0.15, 0.2) is 41.0 Å². The van der Waals surface area contributed by atoms with Gasteiger partial charge in [-0.05, 0) is 24.8 Å². The number of nitrogens with one attached hydrogen (secondary N) is 1. The zero-order valence-electron chi connectivity index (χ0n) is 13.7. The second kappa shape index (κ2) is 7.12. The van der Waals surface area contributed by atoms with Crippen LogP contribution >= 0.6 is 0 Å². The monoisotopic (exact) mass is 324 g/mol. The van der Waals surface area contributed by atoms with Crippen molar-refractivity contribution in [1.29, 1.82) is 0 Å². The number of hydrogen-bond acceptors (Lipinski definition) is 4. The summed E-state index contributed by atoms with van der Waals surface area (Å²) >= 11 is 0. The van der Waals surface area contributed by atoms with E-state index in [4.69, 9.17) is 4.74 Å². The number of ether oxygens (including phenoxy) is 1. The summed E-state index contributed by atoms with van der Waals surface area (Å²) in [6.45, 7) is 6.45. The molecule has 0 fully saturated rings. The maximum atomic E-state index is 12.0. The van der Waals surface area contributed by atoms with Gasteiger partial charge < -0.3 is 4.74 Å². The van der Waals surface area contributed by atoms with Gasteiger partial charge in [0.1, 0.15) is 0 Å². The highest BCUT2D eigenvalue weighted by molar-refractivity contribution is 5.25. The molecule has 0 saturated heterocycles. The van der Waals surface area contributed by atoms with Crippen molar-refractivity contribution < 1.29 is 4.74 Å².